The minimum atomic E-state index is -0.159. The van der Waals surface area contributed by atoms with Gasteiger partial charge >= 0.3 is 0 Å². The van der Waals surface area contributed by atoms with Crippen LogP contribution in [-0.4, -0.2) is 22.6 Å². The predicted octanol–water partition coefficient (Wildman–Crippen LogP) is 3.06. The second kappa shape index (κ2) is 6.96. The fourth-order valence-corrected chi connectivity index (χ4v) is 3.14. The highest BCUT2D eigenvalue weighted by atomic mass is 16.1. The number of nitrogens with one attached hydrogen (secondary N) is 2. The van der Waals surface area contributed by atoms with E-state index >= 15 is 0 Å². The van der Waals surface area contributed by atoms with Crippen LogP contribution in [0.4, 0.5) is 5.69 Å². The third kappa shape index (κ3) is 3.77. The number of nitrogens with zero attached hydrogens (tertiary/aromatic N) is 1. The van der Waals surface area contributed by atoms with Gasteiger partial charge in [0.1, 0.15) is 0 Å². The van der Waals surface area contributed by atoms with Gasteiger partial charge in [0.15, 0.2) is 5.69 Å². The van der Waals surface area contributed by atoms with Gasteiger partial charge in [0, 0.05) is 6.54 Å². The number of amides is 1. The molecule has 1 saturated carbocycles. The average molecular weight is 292 g/mol. The molecule has 1 aromatic rings. The van der Waals surface area contributed by atoms with Gasteiger partial charge < -0.3 is 11.1 Å². The first-order chi connectivity index (χ1) is 10.0. The largest absolute Gasteiger partial charge is 0.395 e. The van der Waals surface area contributed by atoms with Crippen molar-refractivity contribution < 1.29 is 4.79 Å². The van der Waals surface area contributed by atoms with Crippen LogP contribution in [0.1, 0.15) is 75.0 Å². The lowest BCUT2D eigenvalue weighted by molar-refractivity contribution is 0.0937. The Morgan fingerprint density at radius 1 is 1.33 bits per heavy atom. The van der Waals surface area contributed by atoms with Gasteiger partial charge in [-0.1, -0.05) is 40.0 Å². The lowest BCUT2D eigenvalue weighted by Gasteiger charge is -2.27. The average Bonchev–Trinajstić information content (AvgIpc) is 2.87. The Labute approximate surface area is 127 Å². The zero-order chi connectivity index (χ0) is 15.4. The van der Waals surface area contributed by atoms with Gasteiger partial charge in [-0.15, -0.1) is 0 Å². The molecule has 5 heteroatoms. The topological polar surface area (TPSA) is 83.8 Å². The van der Waals surface area contributed by atoms with E-state index in [4.69, 9.17) is 5.73 Å². The minimum absolute atomic E-state index is 0.159. The van der Waals surface area contributed by atoms with E-state index in [1.165, 1.54) is 32.1 Å². The van der Waals surface area contributed by atoms with E-state index in [0.29, 0.717) is 17.3 Å². The molecule has 0 aromatic carbocycles. The van der Waals surface area contributed by atoms with E-state index in [-0.39, 0.29) is 11.8 Å². The molecule has 0 aliphatic heterocycles. The second-order valence-corrected chi connectivity index (χ2v) is 6.56. The van der Waals surface area contributed by atoms with Crippen LogP contribution in [0.3, 0.4) is 0 Å². The van der Waals surface area contributed by atoms with Gasteiger partial charge in [0.25, 0.3) is 5.91 Å². The first-order valence-corrected chi connectivity index (χ1v) is 8.14. The highest BCUT2D eigenvalue weighted by molar-refractivity contribution is 5.97. The van der Waals surface area contributed by atoms with Crippen molar-refractivity contribution >= 4 is 11.6 Å². The lowest BCUT2D eigenvalue weighted by atomic mass is 9.81. The number of nitrogen functional groups attached to an aromatic ring is 1. The van der Waals surface area contributed by atoms with E-state index in [0.717, 1.165) is 18.2 Å². The molecule has 118 valence electrons. The summed E-state index contributed by atoms with van der Waals surface area (Å²) in [5, 5.41) is 9.93. The predicted molar refractivity (Wildman–Crippen MR) is 85.2 cm³/mol. The number of aromatic nitrogens is 2. The molecule has 1 aromatic heterocycles. The monoisotopic (exact) mass is 292 g/mol. The molecule has 1 amide bonds. The van der Waals surface area contributed by atoms with Crippen LogP contribution in [0.5, 0.6) is 0 Å². The number of nitrogens with two attached hydrogens (primary N) is 1. The van der Waals surface area contributed by atoms with Gasteiger partial charge in [0.05, 0.1) is 11.4 Å². The first-order valence-electron chi connectivity index (χ1n) is 8.14. The molecular formula is C16H28N4O. The summed E-state index contributed by atoms with van der Waals surface area (Å²) < 4.78 is 0. The van der Waals surface area contributed by atoms with Crippen LogP contribution < -0.4 is 11.1 Å². The molecular weight excluding hydrogens is 264 g/mol. The molecule has 1 fully saturated rings. The van der Waals surface area contributed by atoms with Gasteiger partial charge in [-0.05, 0) is 30.6 Å². The molecule has 1 heterocycles. The van der Waals surface area contributed by atoms with Crippen LogP contribution in [0, 0.1) is 11.8 Å². The van der Waals surface area contributed by atoms with E-state index in [1.54, 1.807) is 0 Å². The van der Waals surface area contributed by atoms with Gasteiger partial charge in [0.2, 0.25) is 0 Å². The molecule has 1 aliphatic rings. The van der Waals surface area contributed by atoms with Crippen LogP contribution in [0.25, 0.3) is 0 Å². The number of H-pyrrole nitrogens is 1. The quantitative estimate of drug-likeness (QED) is 0.780. The van der Waals surface area contributed by atoms with E-state index in [2.05, 4.69) is 22.4 Å². The maximum atomic E-state index is 12.2. The Hall–Kier alpha value is -1.52. The maximum absolute atomic E-state index is 12.2. The zero-order valence-electron chi connectivity index (χ0n) is 13.4. The molecule has 4 N–H and O–H groups in total. The summed E-state index contributed by atoms with van der Waals surface area (Å²) in [5.41, 5.74) is 7.65. The van der Waals surface area contributed by atoms with Crippen molar-refractivity contribution in [3.8, 4) is 0 Å². The molecule has 5 nitrogen and oxygen atoms in total. The number of hydrogen-bond acceptors (Lipinski definition) is 3. The van der Waals surface area contributed by atoms with Crippen LogP contribution in [-0.2, 0) is 0 Å². The summed E-state index contributed by atoms with van der Waals surface area (Å²) in [6, 6.07) is 0. The number of rotatable bonds is 5. The Morgan fingerprint density at radius 3 is 2.48 bits per heavy atom. The summed E-state index contributed by atoms with van der Waals surface area (Å²) in [4.78, 5) is 12.2. The van der Waals surface area contributed by atoms with Crippen LogP contribution in [0.2, 0.25) is 0 Å². The Balaban J connectivity index is 1.85. The first kappa shape index (κ1) is 15.9. The van der Waals surface area contributed by atoms with Crippen molar-refractivity contribution in [3.63, 3.8) is 0 Å². The molecule has 1 aliphatic carbocycles. The van der Waals surface area contributed by atoms with E-state index in [9.17, 15) is 4.79 Å². The van der Waals surface area contributed by atoms with Gasteiger partial charge in [-0.2, -0.15) is 5.10 Å². The van der Waals surface area contributed by atoms with Crippen LogP contribution in [0.15, 0.2) is 0 Å². The Bertz CT molecular complexity index is 473. The van der Waals surface area contributed by atoms with Crippen molar-refractivity contribution in [2.45, 2.75) is 58.8 Å². The van der Waals surface area contributed by atoms with E-state index < -0.39 is 0 Å². The molecule has 0 bridgehead atoms. The summed E-state index contributed by atoms with van der Waals surface area (Å²) in [5.74, 6) is 1.56. The third-order valence-corrected chi connectivity index (χ3v) is 4.72. The minimum Gasteiger partial charge on any atom is -0.395 e. The smallest absolute Gasteiger partial charge is 0.273 e. The SMILES string of the molecule is CCC1CCC(CNC(=O)c2n[nH]c(C(C)C)c2N)CC1. The summed E-state index contributed by atoms with van der Waals surface area (Å²) in [7, 11) is 0. The fraction of sp³-hybridized carbons (Fsp3) is 0.750. The molecule has 2 rings (SSSR count). The van der Waals surface area contributed by atoms with Crippen molar-refractivity contribution in [2.75, 3.05) is 12.3 Å². The highest BCUT2D eigenvalue weighted by Crippen LogP contribution is 2.30. The maximum Gasteiger partial charge on any atom is 0.273 e. The molecule has 0 spiro atoms. The van der Waals surface area contributed by atoms with E-state index in [1.807, 2.05) is 13.8 Å². The van der Waals surface area contributed by atoms with Gasteiger partial charge in [-0.25, -0.2) is 0 Å². The number of hydrogen-bond donors (Lipinski definition) is 3. The Kier molecular flexibility index (Phi) is 5.26. The van der Waals surface area contributed by atoms with Crippen molar-refractivity contribution in [3.05, 3.63) is 11.4 Å². The highest BCUT2D eigenvalue weighted by Gasteiger charge is 2.22. The third-order valence-electron chi connectivity index (χ3n) is 4.72. The normalized spacial score (nSPS) is 22.5. The van der Waals surface area contributed by atoms with Crippen LogP contribution >= 0.6 is 0 Å². The number of carbonyl (C=O) groups excluding carboxylic acids is 1. The fourth-order valence-electron chi connectivity index (χ4n) is 3.14. The molecule has 0 atom stereocenters. The number of anilines is 1. The lowest BCUT2D eigenvalue weighted by Crippen LogP contribution is -2.31. The number of aromatic amines is 1. The van der Waals surface area contributed by atoms with Crippen molar-refractivity contribution in [1.29, 1.82) is 0 Å². The summed E-state index contributed by atoms with van der Waals surface area (Å²) in [6.07, 6.45) is 6.29. The van der Waals surface area contributed by atoms with Crippen molar-refractivity contribution in [1.82, 2.24) is 15.5 Å². The summed E-state index contributed by atoms with van der Waals surface area (Å²) >= 11 is 0. The van der Waals surface area contributed by atoms with Crippen molar-refractivity contribution in [2.24, 2.45) is 11.8 Å². The molecule has 0 radical (unpaired) electrons. The molecule has 0 saturated heterocycles. The van der Waals surface area contributed by atoms with Gasteiger partial charge in [-0.3, -0.25) is 9.89 Å². The molecule has 21 heavy (non-hydrogen) atoms. The Morgan fingerprint density at radius 2 is 1.95 bits per heavy atom. The standard InChI is InChI=1S/C16H28N4O/c1-4-11-5-7-12(8-6-11)9-18-16(21)15-13(17)14(10(2)3)19-20-15/h10-12H,4-9,17H2,1-3H3,(H,18,21)(H,19,20). The zero-order valence-corrected chi connectivity index (χ0v) is 13.4. The summed E-state index contributed by atoms with van der Waals surface area (Å²) in [6.45, 7) is 7.05. The number of carbonyl (C=O) groups is 1. The second-order valence-electron chi connectivity index (χ2n) is 6.56. The molecule has 0 unspecified atom stereocenters.